The highest BCUT2D eigenvalue weighted by atomic mass is 16.5. The minimum atomic E-state index is -1.18. The molecule has 5 nitrogen and oxygen atoms in total. The molecule has 0 aliphatic rings. The monoisotopic (exact) mass is 233 g/mol. The number of hydrogen-bond donors (Lipinski definition) is 1. The Morgan fingerprint density at radius 2 is 1.82 bits per heavy atom. The molecular formula is C12H11NO4. The second kappa shape index (κ2) is 5.56. The molecule has 1 rings (SSSR count). The molecule has 1 aromatic carbocycles. The summed E-state index contributed by atoms with van der Waals surface area (Å²) in [7, 11) is 2.96. The number of nitriles is 1. The first kappa shape index (κ1) is 12.6. The fourth-order valence-electron chi connectivity index (χ4n) is 1.27. The van der Waals surface area contributed by atoms with Gasteiger partial charge in [-0.15, -0.1) is 0 Å². The molecule has 0 radical (unpaired) electrons. The molecule has 0 fully saturated rings. The zero-order chi connectivity index (χ0) is 12.8. The highest BCUT2D eigenvalue weighted by Gasteiger charge is 2.07. The average molecular weight is 233 g/mol. The van der Waals surface area contributed by atoms with Crippen molar-refractivity contribution in [3.05, 3.63) is 29.8 Å². The number of carboxylic acids is 1. The number of nitrogens with zero attached hydrogens (tertiary/aromatic N) is 1. The van der Waals surface area contributed by atoms with Gasteiger partial charge in [-0.1, -0.05) is 0 Å². The van der Waals surface area contributed by atoms with Crippen LogP contribution in [0.2, 0.25) is 0 Å². The van der Waals surface area contributed by atoms with E-state index in [-0.39, 0.29) is 5.57 Å². The van der Waals surface area contributed by atoms with Gasteiger partial charge in [-0.25, -0.2) is 4.79 Å². The van der Waals surface area contributed by atoms with Crippen LogP contribution in [0.3, 0.4) is 0 Å². The molecule has 1 N–H and O–H groups in total. The molecule has 5 heteroatoms. The molecule has 0 aliphatic heterocycles. The van der Waals surface area contributed by atoms with E-state index >= 15 is 0 Å². The van der Waals surface area contributed by atoms with E-state index in [4.69, 9.17) is 19.8 Å². The summed E-state index contributed by atoms with van der Waals surface area (Å²) in [4.78, 5) is 10.6. The largest absolute Gasteiger partial charge is 0.497 e. The van der Waals surface area contributed by atoms with Crippen LogP contribution in [0, 0.1) is 11.3 Å². The predicted molar refractivity (Wildman–Crippen MR) is 60.8 cm³/mol. The van der Waals surface area contributed by atoms with Crippen LogP contribution < -0.4 is 9.47 Å². The maximum atomic E-state index is 10.6. The van der Waals surface area contributed by atoms with Crippen LogP contribution in [0.25, 0.3) is 5.57 Å². The standard InChI is InChI=1S/C12H11NO4/c1-16-10-3-8(4-11(6-10)17-2)9(7-13)5-12(14)15/h3-6H,1-2H3,(H,14,15). The maximum Gasteiger partial charge on any atom is 0.329 e. The quantitative estimate of drug-likeness (QED) is 0.632. The van der Waals surface area contributed by atoms with Crippen LogP contribution in [0.15, 0.2) is 24.3 Å². The topological polar surface area (TPSA) is 79.5 Å². The van der Waals surface area contributed by atoms with E-state index in [0.29, 0.717) is 17.1 Å². The lowest BCUT2D eigenvalue weighted by molar-refractivity contribution is -0.131. The molecule has 0 aromatic heterocycles. The SMILES string of the molecule is COc1cc(OC)cc(C(C#N)=CC(=O)O)c1. The fraction of sp³-hybridized carbons (Fsp3) is 0.167. The van der Waals surface area contributed by atoms with Crippen molar-refractivity contribution in [2.75, 3.05) is 14.2 Å². The third-order valence-corrected chi connectivity index (χ3v) is 2.05. The van der Waals surface area contributed by atoms with Crippen LogP contribution in [0.1, 0.15) is 5.56 Å². The van der Waals surface area contributed by atoms with E-state index in [1.54, 1.807) is 18.2 Å². The molecule has 17 heavy (non-hydrogen) atoms. The molecule has 0 aliphatic carbocycles. The van der Waals surface area contributed by atoms with E-state index < -0.39 is 5.97 Å². The molecule has 0 heterocycles. The van der Waals surface area contributed by atoms with Crippen molar-refractivity contribution in [3.63, 3.8) is 0 Å². The van der Waals surface area contributed by atoms with Gasteiger partial charge >= 0.3 is 5.97 Å². The molecular weight excluding hydrogens is 222 g/mol. The van der Waals surface area contributed by atoms with Gasteiger partial charge in [0.15, 0.2) is 0 Å². The number of carbonyl (C=O) groups is 1. The number of carboxylic acid groups (broad SMARTS) is 1. The Hall–Kier alpha value is -2.48. The van der Waals surface area contributed by atoms with E-state index in [2.05, 4.69) is 0 Å². The van der Waals surface area contributed by atoms with Crippen molar-refractivity contribution in [2.24, 2.45) is 0 Å². The highest BCUT2D eigenvalue weighted by Crippen LogP contribution is 2.26. The number of methoxy groups -OCH3 is 2. The molecule has 0 unspecified atom stereocenters. The summed E-state index contributed by atoms with van der Waals surface area (Å²) < 4.78 is 10.1. The summed E-state index contributed by atoms with van der Waals surface area (Å²) in [6, 6.07) is 6.60. The molecule has 0 saturated heterocycles. The van der Waals surface area contributed by atoms with Gasteiger partial charge in [0.25, 0.3) is 0 Å². The predicted octanol–water partition coefficient (Wildman–Crippen LogP) is 1.70. The number of aliphatic carboxylic acids is 1. The minimum Gasteiger partial charge on any atom is -0.497 e. The number of allylic oxidation sites excluding steroid dienone is 1. The van der Waals surface area contributed by atoms with Gasteiger partial charge in [-0.05, 0) is 17.7 Å². The van der Waals surface area contributed by atoms with Crippen molar-refractivity contribution in [2.45, 2.75) is 0 Å². The Labute approximate surface area is 98.5 Å². The summed E-state index contributed by atoms with van der Waals surface area (Å²) in [5.74, 6) is -0.194. The van der Waals surface area contributed by atoms with Gasteiger partial charge in [0.2, 0.25) is 0 Å². The van der Waals surface area contributed by atoms with Crippen LogP contribution in [-0.4, -0.2) is 25.3 Å². The number of rotatable bonds is 4. The summed E-state index contributed by atoms with van der Waals surface area (Å²) >= 11 is 0. The van der Waals surface area contributed by atoms with E-state index in [1.807, 2.05) is 6.07 Å². The average Bonchev–Trinajstić information content (AvgIpc) is 2.34. The summed E-state index contributed by atoms with van der Waals surface area (Å²) in [5, 5.41) is 17.5. The first-order valence-corrected chi connectivity index (χ1v) is 4.69. The smallest absolute Gasteiger partial charge is 0.329 e. The first-order valence-electron chi connectivity index (χ1n) is 4.69. The number of ether oxygens (including phenoxy) is 2. The summed E-state index contributed by atoms with van der Waals surface area (Å²) in [5.41, 5.74) is 0.473. The number of benzene rings is 1. The van der Waals surface area contributed by atoms with Gasteiger partial charge in [-0.2, -0.15) is 5.26 Å². The zero-order valence-electron chi connectivity index (χ0n) is 9.43. The van der Waals surface area contributed by atoms with Gasteiger partial charge in [0.1, 0.15) is 17.6 Å². The highest BCUT2D eigenvalue weighted by molar-refractivity contribution is 5.94. The second-order valence-electron chi connectivity index (χ2n) is 3.11. The van der Waals surface area contributed by atoms with Crippen molar-refractivity contribution in [1.29, 1.82) is 5.26 Å². The third kappa shape index (κ3) is 3.24. The Morgan fingerprint density at radius 1 is 1.29 bits per heavy atom. The van der Waals surface area contributed by atoms with Crippen molar-refractivity contribution in [3.8, 4) is 17.6 Å². The molecule has 88 valence electrons. The molecule has 1 aromatic rings. The van der Waals surface area contributed by atoms with Crippen LogP contribution in [0.5, 0.6) is 11.5 Å². The van der Waals surface area contributed by atoms with Gasteiger partial charge in [0.05, 0.1) is 19.8 Å². The summed E-state index contributed by atoms with van der Waals surface area (Å²) in [6.07, 6.45) is 0.841. The van der Waals surface area contributed by atoms with Gasteiger partial charge in [0, 0.05) is 12.1 Å². The molecule has 0 bridgehead atoms. The lowest BCUT2D eigenvalue weighted by atomic mass is 10.1. The number of hydrogen-bond acceptors (Lipinski definition) is 4. The zero-order valence-corrected chi connectivity index (χ0v) is 9.43. The van der Waals surface area contributed by atoms with Gasteiger partial charge in [-0.3, -0.25) is 0 Å². The van der Waals surface area contributed by atoms with Crippen molar-refractivity contribution in [1.82, 2.24) is 0 Å². The van der Waals surface area contributed by atoms with Crippen LogP contribution >= 0.6 is 0 Å². The molecule has 0 saturated carbocycles. The Bertz CT molecular complexity index is 477. The van der Waals surface area contributed by atoms with E-state index in [0.717, 1.165) is 6.08 Å². The molecule has 0 atom stereocenters. The Balaban J connectivity index is 3.29. The summed E-state index contributed by atoms with van der Waals surface area (Å²) in [6.45, 7) is 0. The maximum absolute atomic E-state index is 10.6. The van der Waals surface area contributed by atoms with Crippen LogP contribution in [-0.2, 0) is 4.79 Å². The minimum absolute atomic E-state index is 0.0368. The lowest BCUT2D eigenvalue weighted by Crippen LogP contribution is -1.94. The Kier molecular flexibility index (Phi) is 4.12. The normalized spacial score (nSPS) is 10.5. The lowest BCUT2D eigenvalue weighted by Gasteiger charge is -2.07. The van der Waals surface area contributed by atoms with E-state index in [1.165, 1.54) is 14.2 Å². The van der Waals surface area contributed by atoms with Crippen LogP contribution in [0.4, 0.5) is 0 Å². The second-order valence-corrected chi connectivity index (χ2v) is 3.11. The van der Waals surface area contributed by atoms with E-state index in [9.17, 15) is 4.79 Å². The van der Waals surface area contributed by atoms with Crippen molar-refractivity contribution < 1.29 is 19.4 Å². The first-order chi connectivity index (χ1) is 8.10. The third-order valence-electron chi connectivity index (χ3n) is 2.05. The molecule has 0 spiro atoms. The Morgan fingerprint density at radius 3 is 2.18 bits per heavy atom. The van der Waals surface area contributed by atoms with Crippen molar-refractivity contribution >= 4 is 11.5 Å². The molecule has 0 amide bonds. The fourth-order valence-corrected chi connectivity index (χ4v) is 1.27. The van der Waals surface area contributed by atoms with Gasteiger partial charge < -0.3 is 14.6 Å².